The summed E-state index contributed by atoms with van der Waals surface area (Å²) in [6, 6.07) is 9.97. The smallest absolute Gasteiger partial charge is 0.169 e. The summed E-state index contributed by atoms with van der Waals surface area (Å²) in [6.45, 7) is 2.02. The first-order valence-electron chi connectivity index (χ1n) is 5.67. The van der Waals surface area contributed by atoms with Crippen molar-refractivity contribution in [1.29, 1.82) is 5.26 Å². The first kappa shape index (κ1) is 10.9. The molecule has 0 radical (unpaired) electrons. The molecule has 0 fully saturated rings. The monoisotopic (exact) mass is 213 g/mol. The number of benzene rings is 1. The van der Waals surface area contributed by atoms with Gasteiger partial charge < -0.3 is 0 Å². The summed E-state index contributed by atoms with van der Waals surface area (Å²) in [5.41, 5.74) is 1.76. The van der Waals surface area contributed by atoms with Crippen molar-refractivity contribution in [1.82, 2.24) is 0 Å². The molecular weight excluding hydrogens is 198 g/mol. The number of rotatable bonds is 3. The van der Waals surface area contributed by atoms with Gasteiger partial charge >= 0.3 is 0 Å². The molecule has 0 saturated carbocycles. The van der Waals surface area contributed by atoms with Crippen LogP contribution in [-0.4, -0.2) is 5.78 Å². The van der Waals surface area contributed by atoms with Gasteiger partial charge in [-0.25, -0.2) is 0 Å². The molecule has 0 N–H and O–H groups in total. The van der Waals surface area contributed by atoms with Gasteiger partial charge in [-0.1, -0.05) is 31.2 Å². The number of nitriles is 1. The van der Waals surface area contributed by atoms with E-state index in [1.54, 1.807) is 0 Å². The zero-order valence-electron chi connectivity index (χ0n) is 9.49. The first-order valence-corrected chi connectivity index (χ1v) is 5.67. The summed E-state index contributed by atoms with van der Waals surface area (Å²) in [4.78, 5) is 12.2. The highest BCUT2D eigenvalue weighted by molar-refractivity contribution is 6.04. The van der Waals surface area contributed by atoms with E-state index < -0.39 is 0 Å². The van der Waals surface area contributed by atoms with Crippen LogP contribution in [0.5, 0.6) is 0 Å². The van der Waals surface area contributed by atoms with Gasteiger partial charge in [-0.3, -0.25) is 4.79 Å². The highest BCUT2D eigenvalue weighted by Crippen LogP contribution is 2.40. The van der Waals surface area contributed by atoms with Crippen molar-refractivity contribution < 1.29 is 4.79 Å². The fourth-order valence-electron chi connectivity index (χ4n) is 2.48. The largest absolute Gasteiger partial charge is 0.294 e. The van der Waals surface area contributed by atoms with Gasteiger partial charge in [-0.2, -0.15) is 5.26 Å². The molecule has 2 rings (SSSR count). The van der Waals surface area contributed by atoms with E-state index in [0.29, 0.717) is 6.42 Å². The zero-order valence-corrected chi connectivity index (χ0v) is 9.49. The van der Waals surface area contributed by atoms with Crippen LogP contribution in [0.25, 0.3) is 0 Å². The summed E-state index contributed by atoms with van der Waals surface area (Å²) in [5, 5.41) is 8.53. The number of ketones is 1. The third-order valence-electron chi connectivity index (χ3n) is 3.41. The van der Waals surface area contributed by atoms with Crippen LogP contribution in [0.15, 0.2) is 24.3 Å². The normalized spacial score (nSPS) is 22.9. The van der Waals surface area contributed by atoms with Crippen LogP contribution >= 0.6 is 0 Å². The first-order chi connectivity index (χ1) is 7.67. The van der Waals surface area contributed by atoms with Crippen LogP contribution < -0.4 is 0 Å². The molecule has 1 aliphatic carbocycles. The van der Waals surface area contributed by atoms with Crippen molar-refractivity contribution in [2.24, 2.45) is 5.41 Å². The number of carbonyl (C=O) groups excluding carboxylic acids is 1. The average molecular weight is 213 g/mol. The van der Waals surface area contributed by atoms with Crippen molar-refractivity contribution in [3.8, 4) is 6.07 Å². The topological polar surface area (TPSA) is 40.9 Å². The van der Waals surface area contributed by atoms with Gasteiger partial charge in [-0.05, 0) is 24.8 Å². The molecule has 2 heteroatoms. The van der Waals surface area contributed by atoms with Gasteiger partial charge in [0, 0.05) is 17.4 Å². The van der Waals surface area contributed by atoms with Gasteiger partial charge in [0.2, 0.25) is 0 Å². The van der Waals surface area contributed by atoms with Crippen LogP contribution in [0.2, 0.25) is 0 Å². The minimum absolute atomic E-state index is 0.251. The molecule has 16 heavy (non-hydrogen) atoms. The van der Waals surface area contributed by atoms with Gasteiger partial charge in [-0.15, -0.1) is 0 Å². The maximum atomic E-state index is 12.2. The van der Waals surface area contributed by atoms with E-state index in [2.05, 4.69) is 6.07 Å². The molecular formula is C14H15NO. The molecule has 0 aromatic heterocycles. The van der Waals surface area contributed by atoms with Crippen molar-refractivity contribution in [2.75, 3.05) is 0 Å². The van der Waals surface area contributed by atoms with Crippen LogP contribution in [0.1, 0.15) is 42.1 Å². The van der Waals surface area contributed by atoms with Gasteiger partial charge in [0.25, 0.3) is 0 Å². The molecule has 1 aliphatic rings. The maximum Gasteiger partial charge on any atom is 0.169 e. The molecule has 1 aromatic rings. The maximum absolute atomic E-state index is 12.2. The van der Waals surface area contributed by atoms with E-state index in [0.717, 1.165) is 30.4 Å². The third-order valence-corrected chi connectivity index (χ3v) is 3.41. The molecule has 0 heterocycles. The molecule has 1 unspecified atom stereocenters. The zero-order chi connectivity index (χ0) is 11.6. The molecule has 0 saturated heterocycles. The van der Waals surface area contributed by atoms with E-state index in [1.807, 2.05) is 31.2 Å². The number of nitrogens with zero attached hydrogens (tertiary/aromatic N) is 1. The van der Waals surface area contributed by atoms with Crippen LogP contribution in [0, 0.1) is 16.7 Å². The molecule has 0 bridgehead atoms. The highest BCUT2D eigenvalue weighted by Gasteiger charge is 2.40. The predicted molar refractivity (Wildman–Crippen MR) is 62.0 cm³/mol. The quantitative estimate of drug-likeness (QED) is 0.724. The fraction of sp³-hybridized carbons (Fsp3) is 0.429. The van der Waals surface area contributed by atoms with Gasteiger partial charge in [0.05, 0.1) is 6.07 Å². The Morgan fingerprint density at radius 3 is 2.88 bits per heavy atom. The van der Waals surface area contributed by atoms with E-state index in [4.69, 9.17) is 5.26 Å². The summed E-state index contributed by atoms with van der Waals surface area (Å²) < 4.78 is 0. The fourth-order valence-corrected chi connectivity index (χ4v) is 2.48. The van der Waals surface area contributed by atoms with Crippen molar-refractivity contribution in [3.63, 3.8) is 0 Å². The van der Waals surface area contributed by atoms with Crippen molar-refractivity contribution in [2.45, 2.75) is 32.6 Å². The minimum atomic E-state index is -0.277. The summed E-state index contributed by atoms with van der Waals surface area (Å²) in [5.74, 6) is 0.251. The standard InChI is InChI=1S/C14H15NO/c1-14(8-4-5-9-15)10-11-6-2-3-7-12(11)13(14)16/h2-3,6-7H,4-5,8,10H2,1H3. The number of Topliss-reactive ketones (excluding diaryl/α,β-unsaturated/α-hetero) is 1. The number of unbranched alkanes of at least 4 members (excludes halogenated alkanes) is 1. The lowest BCUT2D eigenvalue weighted by atomic mass is 9.81. The van der Waals surface area contributed by atoms with Crippen LogP contribution in [0.4, 0.5) is 0 Å². The number of hydrogen-bond donors (Lipinski definition) is 0. The molecule has 82 valence electrons. The lowest BCUT2D eigenvalue weighted by Gasteiger charge is -2.20. The second-order valence-corrected chi connectivity index (χ2v) is 4.74. The number of carbonyl (C=O) groups is 1. The Labute approximate surface area is 95.9 Å². The Kier molecular flexibility index (Phi) is 2.78. The lowest BCUT2D eigenvalue weighted by molar-refractivity contribution is 0.0827. The van der Waals surface area contributed by atoms with Crippen molar-refractivity contribution >= 4 is 5.78 Å². The van der Waals surface area contributed by atoms with E-state index >= 15 is 0 Å². The summed E-state index contributed by atoms with van der Waals surface area (Å²) in [6.07, 6.45) is 2.99. The molecule has 0 spiro atoms. The van der Waals surface area contributed by atoms with E-state index in [-0.39, 0.29) is 11.2 Å². The second-order valence-electron chi connectivity index (χ2n) is 4.74. The Balaban J connectivity index is 2.17. The minimum Gasteiger partial charge on any atom is -0.294 e. The molecule has 0 amide bonds. The number of fused-ring (bicyclic) bond motifs is 1. The van der Waals surface area contributed by atoms with E-state index in [9.17, 15) is 4.79 Å². The van der Waals surface area contributed by atoms with Crippen molar-refractivity contribution in [3.05, 3.63) is 35.4 Å². The summed E-state index contributed by atoms with van der Waals surface area (Å²) in [7, 11) is 0. The van der Waals surface area contributed by atoms with Gasteiger partial charge in [0.1, 0.15) is 0 Å². The molecule has 2 nitrogen and oxygen atoms in total. The Hall–Kier alpha value is -1.62. The van der Waals surface area contributed by atoms with Crippen LogP contribution in [-0.2, 0) is 6.42 Å². The Morgan fingerprint density at radius 2 is 2.19 bits per heavy atom. The molecule has 1 atom stereocenters. The lowest BCUT2D eigenvalue weighted by Crippen LogP contribution is -2.23. The SMILES string of the molecule is CC1(CCCC#N)Cc2ccccc2C1=O. The Morgan fingerprint density at radius 1 is 1.44 bits per heavy atom. The number of hydrogen-bond acceptors (Lipinski definition) is 2. The highest BCUT2D eigenvalue weighted by atomic mass is 16.1. The van der Waals surface area contributed by atoms with Crippen LogP contribution in [0.3, 0.4) is 0 Å². The summed E-state index contributed by atoms with van der Waals surface area (Å²) >= 11 is 0. The van der Waals surface area contributed by atoms with Gasteiger partial charge in [0.15, 0.2) is 5.78 Å². The third kappa shape index (κ3) is 1.74. The Bertz CT molecular complexity index is 458. The second kappa shape index (κ2) is 4.09. The molecule has 0 aliphatic heterocycles. The van der Waals surface area contributed by atoms with E-state index in [1.165, 1.54) is 0 Å². The predicted octanol–water partition coefficient (Wildman–Crippen LogP) is 3.13. The average Bonchev–Trinajstić information content (AvgIpc) is 2.53. The molecule has 1 aromatic carbocycles.